The first-order valence-corrected chi connectivity index (χ1v) is 9.97. The molecule has 154 valence electrons. The number of nitrogens with one attached hydrogen (secondary N) is 1. The smallest absolute Gasteiger partial charge is 0.271 e. The van der Waals surface area contributed by atoms with Gasteiger partial charge < -0.3 is 9.47 Å². The molecule has 0 atom stereocenters. The van der Waals surface area contributed by atoms with Gasteiger partial charge in [0.1, 0.15) is 12.4 Å². The molecular formula is C22H17BrClFN2O3. The third-order valence-electron chi connectivity index (χ3n) is 4.08. The van der Waals surface area contributed by atoms with Gasteiger partial charge in [0.25, 0.3) is 5.91 Å². The molecule has 1 amide bonds. The number of ether oxygens (including phenoxy) is 2. The number of nitrogens with zero attached hydrogens (tertiary/aromatic N) is 1. The molecule has 0 heterocycles. The van der Waals surface area contributed by atoms with Crippen LogP contribution in [0, 0.1) is 5.82 Å². The van der Waals surface area contributed by atoms with Crippen molar-refractivity contribution in [3.63, 3.8) is 0 Å². The lowest BCUT2D eigenvalue weighted by Gasteiger charge is -2.13. The fraction of sp³-hybridized carbons (Fsp3) is 0.0909. The second-order valence-corrected chi connectivity index (χ2v) is 7.40. The number of amides is 1. The molecule has 0 fully saturated rings. The van der Waals surface area contributed by atoms with E-state index in [9.17, 15) is 9.18 Å². The average molecular weight is 492 g/mol. The molecule has 8 heteroatoms. The second kappa shape index (κ2) is 10.2. The van der Waals surface area contributed by atoms with Crippen molar-refractivity contribution in [1.29, 1.82) is 0 Å². The highest BCUT2D eigenvalue weighted by molar-refractivity contribution is 9.10. The quantitative estimate of drug-likeness (QED) is 0.346. The largest absolute Gasteiger partial charge is 0.493 e. The van der Waals surface area contributed by atoms with Gasteiger partial charge in [-0.25, -0.2) is 9.82 Å². The maximum Gasteiger partial charge on any atom is 0.271 e. The summed E-state index contributed by atoms with van der Waals surface area (Å²) in [7, 11) is 1.50. The number of methoxy groups -OCH3 is 1. The van der Waals surface area contributed by atoms with Gasteiger partial charge in [-0.05, 0) is 52.3 Å². The van der Waals surface area contributed by atoms with Crippen molar-refractivity contribution in [2.45, 2.75) is 6.61 Å². The van der Waals surface area contributed by atoms with Crippen LogP contribution in [0.15, 0.2) is 70.2 Å². The number of hydrogen-bond acceptors (Lipinski definition) is 4. The molecule has 3 rings (SSSR count). The van der Waals surface area contributed by atoms with Crippen LogP contribution in [-0.2, 0) is 6.61 Å². The lowest BCUT2D eigenvalue weighted by molar-refractivity contribution is 0.0955. The van der Waals surface area contributed by atoms with Crippen molar-refractivity contribution in [2.24, 2.45) is 5.10 Å². The van der Waals surface area contributed by atoms with E-state index < -0.39 is 0 Å². The van der Waals surface area contributed by atoms with E-state index in [2.05, 4.69) is 26.5 Å². The zero-order valence-electron chi connectivity index (χ0n) is 15.9. The normalized spacial score (nSPS) is 10.8. The van der Waals surface area contributed by atoms with E-state index in [1.807, 2.05) is 0 Å². The maximum absolute atomic E-state index is 13.8. The summed E-state index contributed by atoms with van der Waals surface area (Å²) in [5, 5.41) is 4.44. The Bertz CT molecular complexity index is 1090. The summed E-state index contributed by atoms with van der Waals surface area (Å²) in [6, 6.07) is 16.3. The minimum Gasteiger partial charge on any atom is -0.493 e. The van der Waals surface area contributed by atoms with Gasteiger partial charge in [0, 0.05) is 26.2 Å². The van der Waals surface area contributed by atoms with Gasteiger partial charge in [0.05, 0.1) is 13.3 Å². The highest BCUT2D eigenvalue weighted by Crippen LogP contribution is 2.33. The van der Waals surface area contributed by atoms with E-state index in [1.165, 1.54) is 19.4 Å². The predicted molar refractivity (Wildman–Crippen MR) is 118 cm³/mol. The third-order valence-corrected chi connectivity index (χ3v) is 5.00. The number of halogens is 3. The SMILES string of the molecule is COc1cc(/C=N/NC(=O)c2cccc(Cl)c2)c(Br)cc1OCc1ccccc1F. The number of benzene rings is 3. The fourth-order valence-corrected chi connectivity index (χ4v) is 3.16. The predicted octanol–water partition coefficient (Wildman–Crippen LogP) is 5.59. The molecule has 0 bridgehead atoms. The number of rotatable bonds is 7. The van der Waals surface area contributed by atoms with Gasteiger partial charge in [0.2, 0.25) is 0 Å². The Morgan fingerprint density at radius 2 is 1.97 bits per heavy atom. The van der Waals surface area contributed by atoms with Gasteiger partial charge in [0.15, 0.2) is 11.5 Å². The summed E-state index contributed by atoms with van der Waals surface area (Å²) >= 11 is 9.33. The Kier molecular flexibility index (Phi) is 7.43. The van der Waals surface area contributed by atoms with Gasteiger partial charge in [-0.1, -0.05) is 35.9 Å². The summed E-state index contributed by atoms with van der Waals surface area (Å²) in [6.07, 6.45) is 1.47. The Morgan fingerprint density at radius 1 is 1.17 bits per heavy atom. The van der Waals surface area contributed by atoms with Crippen LogP contribution in [0.2, 0.25) is 5.02 Å². The van der Waals surface area contributed by atoms with Crippen LogP contribution in [0.25, 0.3) is 0 Å². The van der Waals surface area contributed by atoms with Crippen LogP contribution in [0.3, 0.4) is 0 Å². The topological polar surface area (TPSA) is 59.9 Å². The summed E-state index contributed by atoms with van der Waals surface area (Å²) in [6.45, 7) is 0.0542. The second-order valence-electron chi connectivity index (χ2n) is 6.11. The van der Waals surface area contributed by atoms with Gasteiger partial charge in [-0.15, -0.1) is 0 Å². The van der Waals surface area contributed by atoms with Crippen LogP contribution in [0.1, 0.15) is 21.5 Å². The van der Waals surface area contributed by atoms with Gasteiger partial charge in [-0.2, -0.15) is 5.10 Å². The summed E-state index contributed by atoms with van der Waals surface area (Å²) in [5.41, 5.74) is 3.93. The van der Waals surface area contributed by atoms with E-state index >= 15 is 0 Å². The fourth-order valence-electron chi connectivity index (χ4n) is 2.55. The lowest BCUT2D eigenvalue weighted by atomic mass is 10.2. The Morgan fingerprint density at radius 3 is 2.70 bits per heavy atom. The first kappa shape index (κ1) is 21.8. The molecule has 0 saturated heterocycles. The minimum absolute atomic E-state index is 0.0542. The van der Waals surface area contributed by atoms with Gasteiger partial charge >= 0.3 is 0 Å². The molecule has 0 saturated carbocycles. The Balaban J connectivity index is 1.71. The summed E-state index contributed by atoms with van der Waals surface area (Å²) in [4.78, 5) is 12.1. The molecule has 0 spiro atoms. The first-order chi connectivity index (χ1) is 14.5. The van der Waals surface area contributed by atoms with E-state index in [1.54, 1.807) is 54.6 Å². The number of carbonyl (C=O) groups is 1. The van der Waals surface area contributed by atoms with Crippen molar-refractivity contribution >= 4 is 39.7 Å². The molecule has 0 unspecified atom stereocenters. The summed E-state index contributed by atoms with van der Waals surface area (Å²) in [5.74, 6) is 0.154. The maximum atomic E-state index is 13.8. The van der Waals surface area contributed by atoms with Crippen LogP contribution < -0.4 is 14.9 Å². The van der Waals surface area contributed by atoms with Crippen molar-refractivity contribution < 1.29 is 18.7 Å². The van der Waals surface area contributed by atoms with Crippen LogP contribution >= 0.6 is 27.5 Å². The van der Waals surface area contributed by atoms with E-state index in [0.717, 1.165) is 0 Å². The summed E-state index contributed by atoms with van der Waals surface area (Å²) < 4.78 is 25.5. The van der Waals surface area contributed by atoms with Crippen molar-refractivity contribution in [1.82, 2.24) is 5.43 Å². The number of hydrazone groups is 1. The monoisotopic (exact) mass is 490 g/mol. The number of carbonyl (C=O) groups excluding carboxylic acids is 1. The molecule has 0 aliphatic rings. The lowest BCUT2D eigenvalue weighted by Crippen LogP contribution is -2.17. The van der Waals surface area contributed by atoms with Crippen LogP contribution in [-0.4, -0.2) is 19.2 Å². The molecule has 3 aromatic rings. The Labute approximate surface area is 186 Å². The molecule has 5 nitrogen and oxygen atoms in total. The van der Waals surface area contributed by atoms with Crippen molar-refractivity contribution in [3.05, 3.63) is 92.7 Å². The van der Waals surface area contributed by atoms with E-state index in [0.29, 0.717) is 37.7 Å². The zero-order valence-corrected chi connectivity index (χ0v) is 18.2. The average Bonchev–Trinajstić information content (AvgIpc) is 2.74. The molecule has 0 radical (unpaired) electrons. The van der Waals surface area contributed by atoms with E-state index in [-0.39, 0.29) is 18.3 Å². The van der Waals surface area contributed by atoms with E-state index in [4.69, 9.17) is 21.1 Å². The zero-order chi connectivity index (χ0) is 21.5. The van der Waals surface area contributed by atoms with Crippen LogP contribution in [0.5, 0.6) is 11.5 Å². The third kappa shape index (κ3) is 5.58. The van der Waals surface area contributed by atoms with Crippen LogP contribution in [0.4, 0.5) is 4.39 Å². The highest BCUT2D eigenvalue weighted by Gasteiger charge is 2.11. The highest BCUT2D eigenvalue weighted by atomic mass is 79.9. The molecule has 0 aromatic heterocycles. The standard InChI is InChI=1S/C22H17BrClFN2O3/c1-29-20-10-16(12-26-27-22(28)14-6-4-7-17(24)9-14)18(23)11-21(20)30-13-15-5-2-3-8-19(15)25/h2-12H,13H2,1H3,(H,27,28)/b26-12+. The first-order valence-electron chi connectivity index (χ1n) is 8.80. The minimum atomic E-state index is -0.387. The molecule has 0 aliphatic carbocycles. The molecule has 30 heavy (non-hydrogen) atoms. The Hall–Kier alpha value is -2.90. The van der Waals surface area contributed by atoms with Crippen molar-refractivity contribution in [2.75, 3.05) is 7.11 Å². The van der Waals surface area contributed by atoms with Gasteiger partial charge in [-0.3, -0.25) is 4.79 Å². The van der Waals surface area contributed by atoms with Crippen molar-refractivity contribution in [3.8, 4) is 11.5 Å². The number of hydrogen-bond donors (Lipinski definition) is 1. The molecule has 3 aromatic carbocycles. The molecule has 0 aliphatic heterocycles. The molecule has 1 N–H and O–H groups in total. The molecular weight excluding hydrogens is 475 g/mol.